The standard InChI is InChI=1S/C22H27N3O3/c1-14(2)16-6-8-18(9-7-16)24-20(27)22(4,5)21(28)25-19-12-10-17(11-13-19)23-15(3)26/h6-14H,1-5H3,(H,23,26)(H,24,27)(H,25,28). The summed E-state index contributed by atoms with van der Waals surface area (Å²) in [7, 11) is 0. The fourth-order valence-corrected chi connectivity index (χ4v) is 2.47. The molecule has 0 fully saturated rings. The second kappa shape index (κ2) is 8.69. The maximum Gasteiger partial charge on any atom is 0.239 e. The van der Waals surface area contributed by atoms with Crippen LogP contribution in [-0.4, -0.2) is 17.7 Å². The highest BCUT2D eigenvalue weighted by Gasteiger charge is 2.36. The van der Waals surface area contributed by atoms with Gasteiger partial charge in [0.2, 0.25) is 17.7 Å². The van der Waals surface area contributed by atoms with E-state index in [1.54, 1.807) is 38.1 Å². The van der Waals surface area contributed by atoms with Crippen LogP contribution in [0.25, 0.3) is 0 Å². The molecular formula is C22H27N3O3. The lowest BCUT2D eigenvalue weighted by Crippen LogP contribution is -2.41. The van der Waals surface area contributed by atoms with Gasteiger partial charge in [-0.05, 0) is 61.7 Å². The van der Waals surface area contributed by atoms with Crippen LogP contribution in [0.5, 0.6) is 0 Å². The molecule has 2 aromatic rings. The van der Waals surface area contributed by atoms with Crippen LogP contribution in [-0.2, 0) is 14.4 Å². The van der Waals surface area contributed by atoms with E-state index in [1.807, 2.05) is 24.3 Å². The van der Waals surface area contributed by atoms with Crippen LogP contribution in [0.2, 0.25) is 0 Å². The van der Waals surface area contributed by atoms with Crippen molar-refractivity contribution in [3.8, 4) is 0 Å². The van der Waals surface area contributed by atoms with Crippen molar-refractivity contribution in [2.45, 2.75) is 40.5 Å². The molecule has 28 heavy (non-hydrogen) atoms. The molecule has 0 bridgehead atoms. The molecule has 0 spiro atoms. The summed E-state index contributed by atoms with van der Waals surface area (Å²) in [5, 5.41) is 8.20. The number of carbonyl (C=O) groups is 3. The zero-order chi connectivity index (χ0) is 20.9. The van der Waals surface area contributed by atoms with E-state index < -0.39 is 17.2 Å². The van der Waals surface area contributed by atoms with Crippen LogP contribution in [0.1, 0.15) is 46.1 Å². The highest BCUT2D eigenvalue weighted by atomic mass is 16.2. The molecule has 3 amide bonds. The summed E-state index contributed by atoms with van der Waals surface area (Å²) < 4.78 is 0. The third-order valence-electron chi connectivity index (χ3n) is 4.43. The second-order valence-corrected chi connectivity index (χ2v) is 7.57. The Kier molecular flexibility index (Phi) is 6.57. The summed E-state index contributed by atoms with van der Waals surface area (Å²) in [6.45, 7) is 8.78. The molecule has 0 saturated heterocycles. The number of hydrogen-bond donors (Lipinski definition) is 3. The highest BCUT2D eigenvalue weighted by molar-refractivity contribution is 6.14. The molecule has 0 atom stereocenters. The van der Waals surface area contributed by atoms with E-state index >= 15 is 0 Å². The fraction of sp³-hybridized carbons (Fsp3) is 0.318. The minimum absolute atomic E-state index is 0.170. The molecule has 0 saturated carbocycles. The zero-order valence-electron chi connectivity index (χ0n) is 16.9. The summed E-state index contributed by atoms with van der Waals surface area (Å²) in [6, 6.07) is 14.3. The Morgan fingerprint density at radius 2 is 1.07 bits per heavy atom. The third-order valence-corrected chi connectivity index (χ3v) is 4.43. The Morgan fingerprint density at radius 3 is 1.43 bits per heavy atom. The highest BCUT2D eigenvalue weighted by Crippen LogP contribution is 2.23. The van der Waals surface area contributed by atoms with Crippen molar-refractivity contribution in [1.29, 1.82) is 0 Å². The van der Waals surface area contributed by atoms with Crippen molar-refractivity contribution >= 4 is 34.8 Å². The first-order valence-corrected chi connectivity index (χ1v) is 9.20. The first kappa shape index (κ1) is 21.2. The summed E-state index contributed by atoms with van der Waals surface area (Å²) >= 11 is 0. The number of carbonyl (C=O) groups excluding carboxylic acids is 3. The smallest absolute Gasteiger partial charge is 0.239 e. The normalized spacial score (nSPS) is 11.1. The van der Waals surface area contributed by atoms with Gasteiger partial charge in [0, 0.05) is 24.0 Å². The molecule has 6 nitrogen and oxygen atoms in total. The Bertz CT molecular complexity index is 854. The molecular weight excluding hydrogens is 354 g/mol. The number of hydrogen-bond acceptors (Lipinski definition) is 3. The van der Waals surface area contributed by atoms with Gasteiger partial charge in [-0.15, -0.1) is 0 Å². The molecule has 2 rings (SSSR count). The lowest BCUT2D eigenvalue weighted by Gasteiger charge is -2.23. The lowest BCUT2D eigenvalue weighted by molar-refractivity contribution is -0.135. The van der Waals surface area contributed by atoms with E-state index in [9.17, 15) is 14.4 Å². The molecule has 0 aliphatic heterocycles. The van der Waals surface area contributed by atoms with Crippen molar-refractivity contribution in [3.63, 3.8) is 0 Å². The molecule has 2 aromatic carbocycles. The van der Waals surface area contributed by atoms with Crippen LogP contribution in [0, 0.1) is 5.41 Å². The van der Waals surface area contributed by atoms with Crippen LogP contribution < -0.4 is 16.0 Å². The number of amides is 3. The zero-order valence-corrected chi connectivity index (χ0v) is 16.9. The molecule has 6 heteroatoms. The van der Waals surface area contributed by atoms with Gasteiger partial charge >= 0.3 is 0 Å². The number of benzene rings is 2. The molecule has 0 aromatic heterocycles. The van der Waals surface area contributed by atoms with Crippen molar-refractivity contribution in [2.24, 2.45) is 5.41 Å². The summed E-state index contributed by atoms with van der Waals surface area (Å²) in [6.07, 6.45) is 0. The van der Waals surface area contributed by atoms with Gasteiger partial charge in [-0.25, -0.2) is 0 Å². The topological polar surface area (TPSA) is 87.3 Å². The number of anilines is 3. The average Bonchev–Trinajstić information content (AvgIpc) is 2.63. The van der Waals surface area contributed by atoms with Crippen LogP contribution in [0.15, 0.2) is 48.5 Å². The minimum atomic E-state index is -1.27. The number of nitrogens with one attached hydrogen (secondary N) is 3. The predicted octanol–water partition coefficient (Wildman–Crippen LogP) is 4.37. The van der Waals surface area contributed by atoms with Gasteiger partial charge in [-0.1, -0.05) is 26.0 Å². The molecule has 0 radical (unpaired) electrons. The van der Waals surface area contributed by atoms with Crippen molar-refractivity contribution < 1.29 is 14.4 Å². The maximum atomic E-state index is 12.6. The summed E-state index contributed by atoms with van der Waals surface area (Å²) in [5.74, 6) is -0.576. The quantitative estimate of drug-likeness (QED) is 0.649. The van der Waals surface area contributed by atoms with E-state index in [0.717, 1.165) is 0 Å². The minimum Gasteiger partial charge on any atom is -0.326 e. The van der Waals surface area contributed by atoms with Gasteiger partial charge in [0.25, 0.3) is 0 Å². The predicted molar refractivity (Wildman–Crippen MR) is 112 cm³/mol. The van der Waals surface area contributed by atoms with E-state index in [2.05, 4.69) is 29.8 Å². The van der Waals surface area contributed by atoms with E-state index in [-0.39, 0.29) is 5.91 Å². The average molecular weight is 381 g/mol. The fourth-order valence-electron chi connectivity index (χ4n) is 2.47. The van der Waals surface area contributed by atoms with Crippen molar-refractivity contribution in [1.82, 2.24) is 0 Å². The first-order chi connectivity index (χ1) is 13.1. The van der Waals surface area contributed by atoms with Gasteiger partial charge in [0.1, 0.15) is 5.41 Å². The SMILES string of the molecule is CC(=O)Nc1ccc(NC(=O)C(C)(C)C(=O)Nc2ccc(C(C)C)cc2)cc1. The molecule has 3 N–H and O–H groups in total. The summed E-state index contributed by atoms with van der Waals surface area (Å²) in [5.41, 5.74) is 1.73. The molecule has 148 valence electrons. The maximum absolute atomic E-state index is 12.6. The van der Waals surface area contributed by atoms with Gasteiger partial charge < -0.3 is 16.0 Å². The first-order valence-electron chi connectivity index (χ1n) is 9.20. The molecule has 0 heterocycles. The Balaban J connectivity index is 2.02. The lowest BCUT2D eigenvalue weighted by atomic mass is 9.90. The van der Waals surface area contributed by atoms with E-state index in [4.69, 9.17) is 0 Å². The monoisotopic (exact) mass is 381 g/mol. The third kappa shape index (κ3) is 5.42. The van der Waals surface area contributed by atoms with Crippen LogP contribution >= 0.6 is 0 Å². The van der Waals surface area contributed by atoms with Crippen molar-refractivity contribution in [2.75, 3.05) is 16.0 Å². The Labute approximate surface area is 165 Å². The van der Waals surface area contributed by atoms with Gasteiger partial charge in [0.15, 0.2) is 0 Å². The van der Waals surface area contributed by atoms with Gasteiger partial charge in [-0.3, -0.25) is 14.4 Å². The molecule has 0 aliphatic rings. The van der Waals surface area contributed by atoms with E-state index in [1.165, 1.54) is 12.5 Å². The molecule has 0 unspecified atom stereocenters. The van der Waals surface area contributed by atoms with Gasteiger partial charge in [-0.2, -0.15) is 0 Å². The summed E-state index contributed by atoms with van der Waals surface area (Å²) in [4.78, 5) is 36.3. The Hall–Kier alpha value is -3.15. The molecule has 0 aliphatic carbocycles. The number of rotatable bonds is 6. The van der Waals surface area contributed by atoms with Crippen molar-refractivity contribution in [3.05, 3.63) is 54.1 Å². The Morgan fingerprint density at radius 1 is 0.714 bits per heavy atom. The van der Waals surface area contributed by atoms with Crippen LogP contribution in [0.3, 0.4) is 0 Å². The van der Waals surface area contributed by atoms with Crippen LogP contribution in [0.4, 0.5) is 17.1 Å². The largest absolute Gasteiger partial charge is 0.326 e. The van der Waals surface area contributed by atoms with E-state index in [0.29, 0.717) is 23.0 Å². The second-order valence-electron chi connectivity index (χ2n) is 7.57. The van der Waals surface area contributed by atoms with Gasteiger partial charge in [0.05, 0.1) is 0 Å².